The van der Waals surface area contributed by atoms with Gasteiger partial charge in [0.1, 0.15) is 0 Å². The Kier molecular flexibility index (Phi) is 17.3. The highest BCUT2D eigenvalue weighted by atomic mass is 16.4. The van der Waals surface area contributed by atoms with Crippen LogP contribution < -0.4 is 0 Å². The molecule has 0 heterocycles. The van der Waals surface area contributed by atoms with Crippen LogP contribution in [0.15, 0.2) is 72.9 Å². The summed E-state index contributed by atoms with van der Waals surface area (Å²) in [6.45, 7) is 2.15. The summed E-state index contributed by atoms with van der Waals surface area (Å²) >= 11 is 0. The molecule has 132 valence electrons. The van der Waals surface area contributed by atoms with Gasteiger partial charge in [-0.2, -0.15) is 0 Å². The van der Waals surface area contributed by atoms with Gasteiger partial charge in [0.05, 0.1) is 0 Å². The number of hydrogen-bond donors (Lipinski definition) is 1. The van der Waals surface area contributed by atoms with E-state index in [1.807, 2.05) is 18.2 Å². The molecule has 0 bridgehead atoms. The molecule has 0 aromatic heterocycles. The summed E-state index contributed by atoms with van der Waals surface area (Å²) < 4.78 is 0. The van der Waals surface area contributed by atoms with E-state index in [9.17, 15) is 4.79 Å². The molecule has 0 aromatic rings. The summed E-state index contributed by atoms with van der Waals surface area (Å²) in [5.74, 6) is -0.722. The van der Waals surface area contributed by atoms with Crippen molar-refractivity contribution >= 4 is 5.97 Å². The molecule has 2 heteroatoms. The average molecular weight is 328 g/mol. The molecule has 0 amide bonds. The second-order valence-corrected chi connectivity index (χ2v) is 5.40. The third-order valence-corrected chi connectivity index (χ3v) is 3.14. The smallest absolute Gasteiger partial charge is 0.303 e. The maximum absolute atomic E-state index is 10.3. The van der Waals surface area contributed by atoms with Gasteiger partial charge in [-0.1, -0.05) is 79.8 Å². The van der Waals surface area contributed by atoms with Gasteiger partial charge in [0, 0.05) is 6.42 Å². The monoisotopic (exact) mass is 328 g/mol. The average Bonchev–Trinajstić information content (AvgIpc) is 2.56. The lowest BCUT2D eigenvalue weighted by molar-refractivity contribution is -0.137. The summed E-state index contributed by atoms with van der Waals surface area (Å²) in [5.41, 5.74) is 0. The van der Waals surface area contributed by atoms with Crippen molar-refractivity contribution in [3.8, 4) is 0 Å². The van der Waals surface area contributed by atoms with E-state index >= 15 is 0 Å². The number of carboxylic acid groups (broad SMARTS) is 1. The van der Waals surface area contributed by atoms with Gasteiger partial charge in [-0.15, -0.1) is 0 Å². The molecule has 0 spiro atoms. The van der Waals surface area contributed by atoms with E-state index in [0.29, 0.717) is 6.42 Å². The fourth-order valence-electron chi connectivity index (χ4n) is 1.86. The van der Waals surface area contributed by atoms with Crippen LogP contribution in [0.3, 0.4) is 0 Å². The quantitative estimate of drug-likeness (QED) is 0.223. The van der Waals surface area contributed by atoms with Crippen LogP contribution in [0.4, 0.5) is 0 Å². The van der Waals surface area contributed by atoms with Crippen molar-refractivity contribution in [2.45, 2.75) is 58.3 Å². The minimum atomic E-state index is -0.722. The molecule has 0 aromatic carbocycles. The summed E-state index contributed by atoms with van der Waals surface area (Å²) in [5, 5.41) is 8.50. The molecule has 0 atom stereocenters. The van der Waals surface area contributed by atoms with Crippen LogP contribution in [0.25, 0.3) is 0 Å². The van der Waals surface area contributed by atoms with Gasteiger partial charge >= 0.3 is 5.97 Å². The Morgan fingerprint density at radius 1 is 0.708 bits per heavy atom. The molecule has 0 rings (SSSR count). The Morgan fingerprint density at radius 2 is 1.21 bits per heavy atom. The fourth-order valence-corrected chi connectivity index (χ4v) is 1.86. The number of unbranched alkanes of at least 4 members (excludes halogenated alkanes) is 2. The zero-order valence-corrected chi connectivity index (χ0v) is 14.9. The maximum Gasteiger partial charge on any atom is 0.303 e. The Balaban J connectivity index is 3.52. The van der Waals surface area contributed by atoms with Gasteiger partial charge in [0.25, 0.3) is 0 Å². The van der Waals surface area contributed by atoms with Crippen LogP contribution in [0.5, 0.6) is 0 Å². The van der Waals surface area contributed by atoms with Gasteiger partial charge < -0.3 is 5.11 Å². The van der Waals surface area contributed by atoms with Crippen molar-refractivity contribution in [3.05, 3.63) is 72.9 Å². The molecule has 0 saturated carbocycles. The van der Waals surface area contributed by atoms with Gasteiger partial charge in [0.15, 0.2) is 0 Å². The lowest BCUT2D eigenvalue weighted by atomic mass is 10.2. The Labute approximate surface area is 147 Å². The zero-order valence-electron chi connectivity index (χ0n) is 14.9. The maximum atomic E-state index is 10.3. The van der Waals surface area contributed by atoms with Crippen LogP contribution in [-0.4, -0.2) is 11.1 Å². The summed E-state index contributed by atoms with van der Waals surface area (Å²) in [6.07, 6.45) is 32.4. The Morgan fingerprint density at radius 3 is 1.79 bits per heavy atom. The lowest BCUT2D eigenvalue weighted by Gasteiger charge is -1.89. The first-order chi connectivity index (χ1) is 11.8. The second-order valence-electron chi connectivity index (χ2n) is 5.40. The first-order valence-electron chi connectivity index (χ1n) is 8.92. The Hall–Kier alpha value is -2.09. The molecule has 0 aliphatic heterocycles. The van der Waals surface area contributed by atoms with Crippen molar-refractivity contribution in [3.63, 3.8) is 0 Å². The molecule has 0 radical (unpaired) electrons. The number of allylic oxidation sites excluding steroid dienone is 12. The lowest BCUT2D eigenvalue weighted by Crippen LogP contribution is -1.92. The molecular weight excluding hydrogens is 296 g/mol. The number of carboxylic acids is 1. The third kappa shape index (κ3) is 19.9. The predicted octanol–water partition coefficient (Wildman–Crippen LogP) is 6.55. The van der Waals surface area contributed by atoms with Crippen molar-refractivity contribution in [1.29, 1.82) is 0 Å². The zero-order chi connectivity index (χ0) is 17.7. The van der Waals surface area contributed by atoms with Gasteiger partial charge in [-0.3, -0.25) is 4.79 Å². The van der Waals surface area contributed by atoms with Gasteiger partial charge in [-0.25, -0.2) is 0 Å². The molecule has 0 fully saturated rings. The molecule has 0 aliphatic carbocycles. The van der Waals surface area contributed by atoms with Crippen LogP contribution >= 0.6 is 0 Å². The van der Waals surface area contributed by atoms with Crippen molar-refractivity contribution in [2.75, 3.05) is 0 Å². The minimum Gasteiger partial charge on any atom is -0.481 e. The summed E-state index contributed by atoms with van der Waals surface area (Å²) in [7, 11) is 0. The SMILES string of the molecule is CC/C=C\C/C=C\C/C=C\C=C/CC/C=C\C=C\CCCC(=O)O. The van der Waals surface area contributed by atoms with E-state index in [1.54, 1.807) is 0 Å². The largest absolute Gasteiger partial charge is 0.481 e. The topological polar surface area (TPSA) is 37.3 Å². The summed E-state index contributed by atoms with van der Waals surface area (Å²) in [6, 6.07) is 0. The van der Waals surface area contributed by atoms with Crippen molar-refractivity contribution < 1.29 is 9.90 Å². The molecule has 2 nitrogen and oxygen atoms in total. The molecular formula is C22H32O2. The highest BCUT2D eigenvalue weighted by Gasteiger charge is 1.92. The van der Waals surface area contributed by atoms with E-state index in [4.69, 9.17) is 5.11 Å². The standard InChI is InChI=1S/C22H32O2/c1-2-3-4-5-6-7-8-9-10-11-12-13-14-15-16-17-18-19-20-21-22(23)24/h3-4,6-7,9-12,15-18H,2,5,8,13-14,19-21H2,1H3,(H,23,24)/b4-3-,7-6-,10-9-,12-11-,16-15-,18-17+. The van der Waals surface area contributed by atoms with Crippen LogP contribution in [0.1, 0.15) is 58.3 Å². The first-order valence-corrected chi connectivity index (χ1v) is 8.92. The highest BCUT2D eigenvalue weighted by Crippen LogP contribution is 1.98. The molecule has 0 saturated heterocycles. The summed E-state index contributed by atoms with van der Waals surface area (Å²) in [4.78, 5) is 10.3. The van der Waals surface area contributed by atoms with E-state index < -0.39 is 5.97 Å². The number of aliphatic carboxylic acids is 1. The molecule has 1 N–H and O–H groups in total. The van der Waals surface area contributed by atoms with E-state index in [2.05, 4.69) is 61.6 Å². The van der Waals surface area contributed by atoms with E-state index in [0.717, 1.165) is 38.5 Å². The van der Waals surface area contributed by atoms with Crippen LogP contribution in [0.2, 0.25) is 0 Å². The number of carbonyl (C=O) groups is 1. The minimum absolute atomic E-state index is 0.248. The van der Waals surface area contributed by atoms with Crippen molar-refractivity contribution in [1.82, 2.24) is 0 Å². The normalized spacial score (nSPS) is 13.0. The number of hydrogen-bond acceptors (Lipinski definition) is 1. The molecule has 24 heavy (non-hydrogen) atoms. The van der Waals surface area contributed by atoms with Gasteiger partial charge in [-0.05, 0) is 44.9 Å². The van der Waals surface area contributed by atoms with E-state index in [-0.39, 0.29) is 6.42 Å². The highest BCUT2D eigenvalue weighted by molar-refractivity contribution is 5.66. The van der Waals surface area contributed by atoms with E-state index in [1.165, 1.54) is 0 Å². The molecule has 0 aliphatic rings. The predicted molar refractivity (Wildman–Crippen MR) is 105 cm³/mol. The van der Waals surface area contributed by atoms with Crippen LogP contribution in [0, 0.1) is 0 Å². The van der Waals surface area contributed by atoms with Crippen LogP contribution in [-0.2, 0) is 4.79 Å². The third-order valence-electron chi connectivity index (χ3n) is 3.14. The second kappa shape index (κ2) is 19.0. The number of rotatable bonds is 14. The Bertz CT molecular complexity index is 462. The fraction of sp³-hybridized carbons (Fsp3) is 0.409. The first kappa shape index (κ1) is 21.9. The van der Waals surface area contributed by atoms with Gasteiger partial charge in [0.2, 0.25) is 0 Å². The molecule has 0 unspecified atom stereocenters. The van der Waals surface area contributed by atoms with Crippen molar-refractivity contribution in [2.24, 2.45) is 0 Å².